The number of hydrogen-bond donors (Lipinski definition) is 0. The molecule has 0 rings (SSSR count). The molecule has 0 saturated heterocycles. The second-order valence-electron chi connectivity index (χ2n) is 2.91. The van der Waals surface area contributed by atoms with Gasteiger partial charge in [-0.15, -0.1) is 0 Å². The number of hydrogen-bond acceptors (Lipinski definition) is 5. The van der Waals surface area contributed by atoms with Crippen LogP contribution in [0.3, 0.4) is 0 Å². The largest absolute Gasteiger partial charge is 0.483 e. The Morgan fingerprint density at radius 2 is 1.62 bits per heavy atom. The highest BCUT2D eigenvalue weighted by Crippen LogP contribution is 1.91. The highest BCUT2D eigenvalue weighted by molar-refractivity contribution is 6.36. The average Bonchev–Trinajstić information content (AvgIpc) is 2.29. The van der Waals surface area contributed by atoms with E-state index in [2.05, 4.69) is 6.58 Å². The van der Waals surface area contributed by atoms with Gasteiger partial charge in [-0.05, 0) is 13.3 Å². The van der Waals surface area contributed by atoms with Crippen LogP contribution in [0.4, 0.5) is 0 Å². The van der Waals surface area contributed by atoms with E-state index in [-0.39, 0.29) is 5.97 Å². The number of rotatable bonds is 6. The van der Waals surface area contributed by atoms with E-state index in [1.807, 2.05) is 6.92 Å². The maximum atomic E-state index is 10.6. The Kier molecular flexibility index (Phi) is 13.7. The lowest BCUT2D eigenvalue weighted by molar-refractivity contribution is -0.138. The summed E-state index contributed by atoms with van der Waals surface area (Å²) in [5.74, 6) is -0.295. The fraction of sp³-hybridized carbons (Fsp3) is 0.700. The van der Waals surface area contributed by atoms with Gasteiger partial charge in [0.25, 0.3) is 0 Å². The van der Waals surface area contributed by atoms with Crippen molar-refractivity contribution in [3.05, 3.63) is 12.2 Å². The van der Waals surface area contributed by atoms with Crippen LogP contribution in [0.1, 0.15) is 20.3 Å². The van der Waals surface area contributed by atoms with E-state index in [1.54, 1.807) is 28.3 Å². The molecule has 0 atom stereocenters. The summed E-state index contributed by atoms with van der Waals surface area (Å²) >= 11 is 0. The molecule has 0 aromatic heterocycles. The number of carbonyl (C=O) groups is 1. The molecule has 0 aliphatic carbocycles. The van der Waals surface area contributed by atoms with Crippen LogP contribution >= 0.6 is 0 Å². The zero-order chi connectivity index (χ0) is 13.0. The summed E-state index contributed by atoms with van der Waals surface area (Å²) < 4.78 is 18.9. The van der Waals surface area contributed by atoms with Gasteiger partial charge in [0.05, 0.1) is 6.61 Å². The van der Waals surface area contributed by atoms with Crippen molar-refractivity contribution in [2.75, 3.05) is 27.9 Å². The lowest BCUT2D eigenvalue weighted by Gasteiger charge is -2.05. The van der Waals surface area contributed by atoms with E-state index in [0.717, 1.165) is 6.42 Å². The van der Waals surface area contributed by atoms with Crippen LogP contribution in [0.25, 0.3) is 0 Å². The summed E-state index contributed by atoms with van der Waals surface area (Å²) in [6.07, 6.45) is 0.860. The van der Waals surface area contributed by atoms with E-state index in [9.17, 15) is 4.79 Å². The Bertz CT molecular complexity index is 186. The van der Waals surface area contributed by atoms with Gasteiger partial charge in [0.15, 0.2) is 0 Å². The molecule has 0 unspecified atom stereocenters. The molecule has 0 saturated carbocycles. The van der Waals surface area contributed by atoms with Crippen LogP contribution in [0.5, 0.6) is 0 Å². The zero-order valence-corrected chi connectivity index (χ0v) is 11.9. The maximum Gasteiger partial charge on any atom is 0.483 e. The highest BCUT2D eigenvalue weighted by atomic mass is 28.3. The lowest BCUT2D eigenvalue weighted by Crippen LogP contribution is -2.21. The third-order valence-corrected chi connectivity index (χ3v) is 2.52. The molecule has 0 bridgehead atoms. The molecule has 0 aliphatic heterocycles. The molecule has 0 aromatic carbocycles. The molecule has 0 aromatic rings. The summed E-state index contributed by atoms with van der Waals surface area (Å²) in [5.41, 5.74) is 0.462. The second-order valence-corrected chi connectivity index (χ2v) is 4.90. The maximum absolute atomic E-state index is 10.6. The van der Waals surface area contributed by atoms with Crippen molar-refractivity contribution in [1.29, 1.82) is 0 Å². The van der Waals surface area contributed by atoms with Crippen LogP contribution in [0.2, 0.25) is 0 Å². The molecule has 0 fully saturated rings. The van der Waals surface area contributed by atoms with Crippen LogP contribution in [0.15, 0.2) is 12.2 Å². The first-order chi connectivity index (χ1) is 7.53. The number of ether oxygens (including phenoxy) is 1. The normalized spacial score (nSPS) is 9.38. The lowest BCUT2D eigenvalue weighted by atomic mass is 10.4. The summed E-state index contributed by atoms with van der Waals surface area (Å²) in [4.78, 5) is 10.6. The first kappa shape index (κ1) is 17.7. The minimum absolute atomic E-state index is 0.295. The van der Waals surface area contributed by atoms with E-state index < -0.39 is 9.53 Å². The van der Waals surface area contributed by atoms with Crippen molar-refractivity contribution in [3.8, 4) is 0 Å². The topological polar surface area (TPSA) is 54.0 Å². The molecule has 0 spiro atoms. The van der Waals surface area contributed by atoms with Crippen molar-refractivity contribution < 1.29 is 22.8 Å². The fourth-order valence-corrected chi connectivity index (χ4v) is 1.18. The third kappa shape index (κ3) is 11.4. The molecular weight excluding hydrogens is 228 g/mol. The zero-order valence-electron chi connectivity index (χ0n) is 10.7. The third-order valence-electron chi connectivity index (χ3n) is 1.36. The number of esters is 1. The monoisotopic (exact) mass is 250 g/mol. The van der Waals surface area contributed by atoms with Crippen molar-refractivity contribution >= 4 is 15.5 Å². The fourth-order valence-electron chi connectivity index (χ4n) is 0.607. The SMILES string of the molecule is C=C(C)C(=O)OCCC.CO[SiH](OC)OC. The Morgan fingerprint density at radius 3 is 1.81 bits per heavy atom. The van der Waals surface area contributed by atoms with Gasteiger partial charge in [-0.25, -0.2) is 4.79 Å². The molecule has 5 nitrogen and oxygen atoms in total. The molecule has 0 heterocycles. The van der Waals surface area contributed by atoms with E-state index in [0.29, 0.717) is 12.2 Å². The Morgan fingerprint density at radius 1 is 1.19 bits per heavy atom. The van der Waals surface area contributed by atoms with Crippen molar-refractivity contribution in [3.63, 3.8) is 0 Å². The van der Waals surface area contributed by atoms with Gasteiger partial charge in [-0.1, -0.05) is 13.5 Å². The summed E-state index contributed by atoms with van der Waals surface area (Å²) in [6, 6.07) is 0. The Balaban J connectivity index is 0. The average molecular weight is 250 g/mol. The summed E-state index contributed by atoms with van der Waals surface area (Å²) in [6.45, 7) is 7.51. The van der Waals surface area contributed by atoms with Gasteiger partial charge in [0, 0.05) is 26.9 Å². The molecule has 0 amide bonds. The van der Waals surface area contributed by atoms with Crippen LogP contribution < -0.4 is 0 Å². The van der Waals surface area contributed by atoms with Gasteiger partial charge in [-0.2, -0.15) is 0 Å². The van der Waals surface area contributed by atoms with Gasteiger partial charge >= 0.3 is 15.5 Å². The van der Waals surface area contributed by atoms with E-state index in [4.69, 9.17) is 18.0 Å². The summed E-state index contributed by atoms with van der Waals surface area (Å²) in [7, 11) is 3.05. The summed E-state index contributed by atoms with van der Waals surface area (Å²) in [5, 5.41) is 0. The smallest absolute Gasteiger partial charge is 0.462 e. The van der Waals surface area contributed by atoms with Gasteiger partial charge < -0.3 is 18.0 Å². The van der Waals surface area contributed by atoms with Gasteiger partial charge in [0.2, 0.25) is 0 Å². The molecule has 96 valence electrons. The Labute approximate surface area is 99.3 Å². The molecule has 0 radical (unpaired) electrons. The minimum atomic E-state index is -1.67. The molecule has 16 heavy (non-hydrogen) atoms. The molecule has 0 aliphatic rings. The first-order valence-electron chi connectivity index (χ1n) is 4.94. The van der Waals surface area contributed by atoms with Crippen LogP contribution in [-0.2, 0) is 22.8 Å². The van der Waals surface area contributed by atoms with Crippen molar-refractivity contribution in [2.45, 2.75) is 20.3 Å². The molecule has 0 N–H and O–H groups in total. The quantitative estimate of drug-likeness (QED) is 0.402. The van der Waals surface area contributed by atoms with Crippen molar-refractivity contribution in [2.24, 2.45) is 0 Å². The van der Waals surface area contributed by atoms with Crippen LogP contribution in [0, 0.1) is 0 Å². The van der Waals surface area contributed by atoms with E-state index >= 15 is 0 Å². The standard InChI is InChI=1S/C7H12O2.C3H10O3Si/c1-4-5-9-7(8)6(2)3;1-4-7(5-2)6-3/h2,4-5H2,1,3H3;7H,1-3H3. The molecule has 6 heteroatoms. The predicted octanol–water partition coefficient (Wildman–Crippen LogP) is 1.16. The Hall–Kier alpha value is -0.693. The van der Waals surface area contributed by atoms with Crippen LogP contribution in [-0.4, -0.2) is 43.4 Å². The predicted molar refractivity (Wildman–Crippen MR) is 64.2 cm³/mol. The van der Waals surface area contributed by atoms with Crippen molar-refractivity contribution in [1.82, 2.24) is 0 Å². The molecular formula is C10H22O5Si. The first-order valence-corrected chi connectivity index (χ1v) is 6.35. The van der Waals surface area contributed by atoms with E-state index in [1.165, 1.54) is 0 Å². The van der Waals surface area contributed by atoms with Gasteiger partial charge in [0.1, 0.15) is 0 Å². The highest BCUT2D eigenvalue weighted by Gasteiger charge is 2.04. The van der Waals surface area contributed by atoms with Gasteiger partial charge in [-0.3, -0.25) is 0 Å². The second kappa shape index (κ2) is 12.4. The minimum Gasteiger partial charge on any atom is -0.462 e. The number of carbonyl (C=O) groups excluding carboxylic acids is 1.